The van der Waals surface area contributed by atoms with Crippen molar-refractivity contribution in [3.8, 4) is 16.9 Å². The average molecular weight is 502 g/mol. The van der Waals surface area contributed by atoms with Crippen molar-refractivity contribution >= 4 is 21.1 Å². The quantitative estimate of drug-likeness (QED) is 0.229. The number of hydrogen-bond acceptors (Lipinski definition) is 3. The van der Waals surface area contributed by atoms with Crippen LogP contribution in [0.15, 0.2) is 42.5 Å². The number of benzene rings is 2. The first-order valence-corrected chi connectivity index (χ1v) is 16.0. The van der Waals surface area contributed by atoms with Crippen molar-refractivity contribution in [1.29, 1.82) is 0 Å². The molecule has 3 nitrogen and oxygen atoms in total. The Morgan fingerprint density at radius 1 is 0.944 bits per heavy atom. The van der Waals surface area contributed by atoms with Crippen LogP contribution in [0, 0.1) is 17.8 Å². The zero-order valence-electron chi connectivity index (χ0n) is 22.8. The third-order valence-electron chi connectivity index (χ3n) is 8.68. The van der Waals surface area contributed by atoms with Crippen LogP contribution in [0.1, 0.15) is 76.0 Å². The average Bonchev–Trinajstić information content (AvgIpc) is 2.80. The molecule has 1 radical (unpaired) electrons. The first-order valence-electron chi connectivity index (χ1n) is 13.6. The zero-order valence-corrected chi connectivity index (χ0v) is 23.8. The van der Waals surface area contributed by atoms with Gasteiger partial charge in [0.25, 0.3) is 9.04 Å². The van der Waals surface area contributed by atoms with Gasteiger partial charge >= 0.3 is 5.97 Å². The molecule has 4 aliphatic carbocycles. The van der Waals surface area contributed by atoms with E-state index in [0.717, 1.165) is 29.1 Å². The minimum absolute atomic E-state index is 0.0617. The Labute approximate surface area is 219 Å². The first kappa shape index (κ1) is 25.3. The second-order valence-electron chi connectivity index (χ2n) is 12.8. The van der Waals surface area contributed by atoms with Gasteiger partial charge in [-0.05, 0) is 97.6 Å². The molecule has 4 fully saturated rings. The van der Waals surface area contributed by atoms with E-state index in [-0.39, 0.29) is 16.8 Å². The molecule has 4 heteroatoms. The molecule has 0 unspecified atom stereocenters. The molecule has 4 saturated carbocycles. The Balaban J connectivity index is 1.65. The van der Waals surface area contributed by atoms with Gasteiger partial charge in [0.05, 0.1) is 7.11 Å². The second kappa shape index (κ2) is 9.52. The summed E-state index contributed by atoms with van der Waals surface area (Å²) < 4.78 is 11.6. The minimum Gasteiger partial charge on any atom is -0.542 e. The van der Waals surface area contributed by atoms with Crippen molar-refractivity contribution in [1.82, 2.24) is 0 Å². The van der Waals surface area contributed by atoms with Gasteiger partial charge in [-0.15, -0.1) is 0 Å². The standard InChI is InChI=1S/C32H41O3Si/c1-31(2,3)27-13-12-26(25-10-7-21(8-11-25)9-14-28(33)34-4)30(35-36(5)6)29(27)32-18-22-15-23(19-32)17-24(16-22)20-32/h7-14,22-24H,15-20H2,1-6H3/b14-9+. The van der Waals surface area contributed by atoms with Crippen LogP contribution in [0.3, 0.4) is 0 Å². The summed E-state index contributed by atoms with van der Waals surface area (Å²) in [5.74, 6) is 3.47. The fraction of sp³-hybridized carbons (Fsp3) is 0.531. The van der Waals surface area contributed by atoms with E-state index in [1.54, 1.807) is 6.08 Å². The highest BCUT2D eigenvalue weighted by atomic mass is 28.3. The summed E-state index contributed by atoms with van der Waals surface area (Å²) in [4.78, 5) is 11.5. The molecule has 2 aromatic rings. The van der Waals surface area contributed by atoms with E-state index in [2.05, 4.69) is 70.3 Å². The normalized spacial score (nSPS) is 27.1. The van der Waals surface area contributed by atoms with E-state index >= 15 is 0 Å². The maximum atomic E-state index is 11.5. The number of carbonyl (C=O) groups is 1. The van der Waals surface area contributed by atoms with Gasteiger partial charge in [0.2, 0.25) is 0 Å². The van der Waals surface area contributed by atoms with E-state index in [4.69, 9.17) is 9.16 Å². The number of hydrogen-bond donors (Lipinski definition) is 0. The van der Waals surface area contributed by atoms with Gasteiger partial charge in [0, 0.05) is 22.6 Å². The SMILES string of the molecule is COC(=O)/C=C/c1ccc(-c2ccc(C(C)(C)C)c(C34CC5CC(CC(C5)C3)C4)c2O[Si](C)C)cc1. The van der Waals surface area contributed by atoms with E-state index in [9.17, 15) is 4.79 Å². The van der Waals surface area contributed by atoms with Crippen molar-refractivity contribution < 1.29 is 14.0 Å². The Kier molecular flexibility index (Phi) is 6.69. The summed E-state index contributed by atoms with van der Waals surface area (Å²) in [5.41, 5.74) is 6.69. The molecule has 0 spiro atoms. The molecule has 191 valence electrons. The lowest BCUT2D eigenvalue weighted by Gasteiger charge is -2.58. The molecule has 0 aliphatic heterocycles. The summed E-state index contributed by atoms with van der Waals surface area (Å²) >= 11 is 0. The minimum atomic E-state index is -0.961. The molecule has 0 N–H and O–H groups in total. The monoisotopic (exact) mass is 501 g/mol. The fourth-order valence-corrected chi connectivity index (χ4v) is 8.31. The molecule has 36 heavy (non-hydrogen) atoms. The molecule has 0 saturated heterocycles. The molecule has 0 heterocycles. The van der Waals surface area contributed by atoms with Crippen molar-refractivity contribution in [3.05, 3.63) is 59.2 Å². The van der Waals surface area contributed by atoms with Crippen molar-refractivity contribution in [2.24, 2.45) is 17.8 Å². The topological polar surface area (TPSA) is 35.5 Å². The molecule has 4 aliphatic rings. The van der Waals surface area contributed by atoms with Gasteiger partial charge in [-0.3, -0.25) is 0 Å². The van der Waals surface area contributed by atoms with Crippen LogP contribution in [-0.4, -0.2) is 22.1 Å². The van der Waals surface area contributed by atoms with Crippen LogP contribution in [0.25, 0.3) is 17.2 Å². The molecule has 0 amide bonds. The third kappa shape index (κ3) is 4.81. The summed E-state index contributed by atoms with van der Waals surface area (Å²) in [6.45, 7) is 11.6. The molecular weight excluding hydrogens is 460 g/mol. The van der Waals surface area contributed by atoms with Crippen molar-refractivity contribution in [3.63, 3.8) is 0 Å². The highest BCUT2D eigenvalue weighted by Gasteiger charge is 2.54. The smallest absolute Gasteiger partial charge is 0.330 e. The number of carbonyl (C=O) groups excluding carboxylic acids is 1. The number of rotatable bonds is 6. The lowest BCUT2D eigenvalue weighted by molar-refractivity contribution is -0.134. The van der Waals surface area contributed by atoms with Gasteiger partial charge in [-0.2, -0.15) is 0 Å². The fourth-order valence-electron chi connectivity index (χ4n) is 7.69. The lowest BCUT2D eigenvalue weighted by Crippen LogP contribution is -2.49. The molecule has 0 atom stereocenters. The maximum absolute atomic E-state index is 11.5. The van der Waals surface area contributed by atoms with Gasteiger partial charge in [-0.1, -0.05) is 57.2 Å². The Hall–Kier alpha value is -2.33. The number of ether oxygens (including phenoxy) is 1. The van der Waals surface area contributed by atoms with Gasteiger partial charge < -0.3 is 9.16 Å². The molecule has 6 rings (SSSR count). The van der Waals surface area contributed by atoms with Crippen LogP contribution in [0.5, 0.6) is 5.75 Å². The Bertz CT molecular complexity index is 1120. The van der Waals surface area contributed by atoms with Crippen LogP contribution in [0.4, 0.5) is 0 Å². The first-order chi connectivity index (χ1) is 17.1. The summed E-state index contributed by atoms with van der Waals surface area (Å²) in [6, 6.07) is 13.2. The largest absolute Gasteiger partial charge is 0.542 e. The van der Waals surface area contributed by atoms with Crippen LogP contribution in [0.2, 0.25) is 13.1 Å². The third-order valence-corrected chi connectivity index (χ3v) is 9.29. The highest BCUT2D eigenvalue weighted by molar-refractivity contribution is 6.49. The Morgan fingerprint density at radius 3 is 2.03 bits per heavy atom. The predicted octanol–water partition coefficient (Wildman–Crippen LogP) is 7.94. The van der Waals surface area contributed by atoms with E-state index in [1.165, 1.54) is 74.0 Å². The summed E-state index contributed by atoms with van der Waals surface area (Å²) in [5, 5.41) is 0. The second-order valence-corrected chi connectivity index (χ2v) is 14.8. The maximum Gasteiger partial charge on any atom is 0.330 e. The summed E-state index contributed by atoms with van der Waals surface area (Å²) in [7, 11) is 0.439. The van der Waals surface area contributed by atoms with Crippen LogP contribution < -0.4 is 4.43 Å². The lowest BCUT2D eigenvalue weighted by atomic mass is 9.47. The highest BCUT2D eigenvalue weighted by Crippen LogP contribution is 2.63. The van der Waals surface area contributed by atoms with Crippen LogP contribution in [-0.2, 0) is 20.4 Å². The zero-order chi connectivity index (χ0) is 25.7. The van der Waals surface area contributed by atoms with E-state index < -0.39 is 9.04 Å². The van der Waals surface area contributed by atoms with Gasteiger partial charge in [-0.25, -0.2) is 4.79 Å². The molecule has 0 aromatic heterocycles. The molecular formula is C32H41O3Si. The van der Waals surface area contributed by atoms with Crippen LogP contribution >= 0.6 is 0 Å². The van der Waals surface area contributed by atoms with Gasteiger partial charge in [0.1, 0.15) is 5.75 Å². The molecule has 2 aromatic carbocycles. The van der Waals surface area contributed by atoms with Gasteiger partial charge in [0.15, 0.2) is 0 Å². The van der Waals surface area contributed by atoms with E-state index in [0.29, 0.717) is 0 Å². The number of esters is 1. The Morgan fingerprint density at radius 2 is 1.53 bits per heavy atom. The summed E-state index contributed by atoms with van der Waals surface area (Å²) in [6.07, 6.45) is 11.6. The predicted molar refractivity (Wildman–Crippen MR) is 150 cm³/mol. The van der Waals surface area contributed by atoms with Crippen molar-refractivity contribution in [2.75, 3.05) is 7.11 Å². The van der Waals surface area contributed by atoms with E-state index in [1.807, 2.05) is 0 Å². The number of methoxy groups -OCH3 is 1. The molecule has 4 bridgehead atoms. The van der Waals surface area contributed by atoms with Crippen molar-refractivity contribution in [2.45, 2.75) is 83.2 Å².